The molecule has 0 unspecified atom stereocenters. The van der Waals surface area contributed by atoms with E-state index >= 15 is 0 Å². The lowest BCUT2D eigenvalue weighted by molar-refractivity contribution is 0.572. The van der Waals surface area contributed by atoms with Gasteiger partial charge >= 0.3 is 0 Å². The summed E-state index contributed by atoms with van der Waals surface area (Å²) in [5, 5.41) is 3.56. The van der Waals surface area contributed by atoms with Gasteiger partial charge in [0.2, 0.25) is 0 Å². The van der Waals surface area contributed by atoms with Crippen molar-refractivity contribution >= 4 is 5.82 Å². The molecule has 1 aromatic heterocycles. The van der Waals surface area contributed by atoms with Gasteiger partial charge in [0.05, 0.1) is 0 Å². The molecule has 18 heavy (non-hydrogen) atoms. The van der Waals surface area contributed by atoms with Crippen molar-refractivity contribution in [2.24, 2.45) is 0 Å². The Labute approximate surface area is 110 Å². The Morgan fingerprint density at radius 1 is 1.22 bits per heavy atom. The summed E-state index contributed by atoms with van der Waals surface area (Å²) in [6, 6.07) is 2.81. The molecule has 1 N–H and O–H groups in total. The van der Waals surface area contributed by atoms with Crippen molar-refractivity contribution in [3.05, 3.63) is 23.4 Å². The molecule has 0 bridgehead atoms. The zero-order valence-corrected chi connectivity index (χ0v) is 11.3. The SMILES string of the molecule is Cc1cc(N2CCCCC2)ncc1[C@@H]1CCCN1. The lowest BCUT2D eigenvalue weighted by Gasteiger charge is -2.28. The molecule has 3 rings (SSSR count). The zero-order chi connectivity index (χ0) is 12.4. The van der Waals surface area contributed by atoms with E-state index in [2.05, 4.69) is 29.4 Å². The maximum absolute atomic E-state index is 4.69. The monoisotopic (exact) mass is 245 g/mol. The van der Waals surface area contributed by atoms with Crippen LogP contribution < -0.4 is 10.2 Å². The predicted octanol–water partition coefficient (Wildman–Crippen LogP) is 2.80. The van der Waals surface area contributed by atoms with Gasteiger partial charge in [0.25, 0.3) is 0 Å². The largest absolute Gasteiger partial charge is 0.357 e. The van der Waals surface area contributed by atoms with E-state index in [1.54, 1.807) is 0 Å². The average Bonchev–Trinajstić information content (AvgIpc) is 2.93. The van der Waals surface area contributed by atoms with Crippen molar-refractivity contribution in [1.82, 2.24) is 10.3 Å². The third kappa shape index (κ3) is 2.37. The van der Waals surface area contributed by atoms with Gasteiger partial charge in [-0.25, -0.2) is 4.98 Å². The Morgan fingerprint density at radius 3 is 2.72 bits per heavy atom. The van der Waals surface area contributed by atoms with E-state index in [1.165, 1.54) is 62.1 Å². The smallest absolute Gasteiger partial charge is 0.128 e. The van der Waals surface area contributed by atoms with Crippen LogP contribution in [-0.2, 0) is 0 Å². The molecule has 0 aromatic carbocycles. The summed E-state index contributed by atoms with van der Waals surface area (Å²) in [5.74, 6) is 1.17. The molecule has 3 heterocycles. The van der Waals surface area contributed by atoms with Crippen LogP contribution in [0.3, 0.4) is 0 Å². The molecule has 0 spiro atoms. The first-order valence-corrected chi connectivity index (χ1v) is 7.29. The summed E-state index contributed by atoms with van der Waals surface area (Å²) in [6.45, 7) is 5.73. The minimum atomic E-state index is 0.535. The van der Waals surface area contributed by atoms with E-state index in [1.807, 2.05) is 0 Å². The van der Waals surface area contributed by atoms with E-state index in [-0.39, 0.29) is 0 Å². The lowest BCUT2D eigenvalue weighted by atomic mass is 10.0. The van der Waals surface area contributed by atoms with Gasteiger partial charge in [-0.05, 0) is 62.8 Å². The molecule has 3 heteroatoms. The number of aromatic nitrogens is 1. The van der Waals surface area contributed by atoms with Crippen molar-refractivity contribution in [2.75, 3.05) is 24.5 Å². The molecule has 2 aliphatic rings. The summed E-state index contributed by atoms with van der Waals surface area (Å²) < 4.78 is 0. The van der Waals surface area contributed by atoms with Crippen LogP contribution in [0.4, 0.5) is 5.82 Å². The molecule has 0 radical (unpaired) electrons. The fraction of sp³-hybridized carbons (Fsp3) is 0.667. The van der Waals surface area contributed by atoms with Crippen molar-refractivity contribution < 1.29 is 0 Å². The second-order valence-electron chi connectivity index (χ2n) is 5.60. The number of aryl methyl sites for hydroxylation is 1. The molecule has 2 aliphatic heterocycles. The Morgan fingerprint density at radius 2 is 2.06 bits per heavy atom. The van der Waals surface area contributed by atoms with E-state index in [9.17, 15) is 0 Å². The van der Waals surface area contributed by atoms with Crippen LogP contribution in [0.2, 0.25) is 0 Å². The fourth-order valence-electron chi connectivity index (χ4n) is 3.16. The van der Waals surface area contributed by atoms with Gasteiger partial charge in [-0.1, -0.05) is 0 Å². The highest BCUT2D eigenvalue weighted by molar-refractivity contribution is 5.44. The zero-order valence-electron chi connectivity index (χ0n) is 11.3. The van der Waals surface area contributed by atoms with Crippen LogP contribution >= 0.6 is 0 Å². The van der Waals surface area contributed by atoms with Crippen molar-refractivity contribution in [3.63, 3.8) is 0 Å². The summed E-state index contributed by atoms with van der Waals surface area (Å²) >= 11 is 0. The lowest BCUT2D eigenvalue weighted by Crippen LogP contribution is -2.30. The van der Waals surface area contributed by atoms with Gasteiger partial charge in [0.15, 0.2) is 0 Å². The Kier molecular flexibility index (Phi) is 3.50. The number of hydrogen-bond donors (Lipinski definition) is 1. The number of nitrogens with one attached hydrogen (secondary N) is 1. The molecule has 1 aromatic rings. The fourth-order valence-corrected chi connectivity index (χ4v) is 3.16. The maximum atomic E-state index is 4.69. The Hall–Kier alpha value is -1.09. The Balaban J connectivity index is 1.79. The minimum Gasteiger partial charge on any atom is -0.357 e. The van der Waals surface area contributed by atoms with Crippen molar-refractivity contribution in [3.8, 4) is 0 Å². The van der Waals surface area contributed by atoms with Crippen LogP contribution in [-0.4, -0.2) is 24.6 Å². The summed E-state index contributed by atoms with van der Waals surface area (Å²) in [6.07, 6.45) is 8.64. The number of nitrogens with zero attached hydrogens (tertiary/aromatic N) is 2. The summed E-state index contributed by atoms with van der Waals surface area (Å²) in [4.78, 5) is 7.13. The van der Waals surface area contributed by atoms with Gasteiger partial charge in [-0.3, -0.25) is 0 Å². The minimum absolute atomic E-state index is 0.535. The highest BCUT2D eigenvalue weighted by Crippen LogP contribution is 2.27. The first kappa shape index (κ1) is 12.0. The molecule has 0 aliphatic carbocycles. The van der Waals surface area contributed by atoms with Gasteiger partial charge in [0, 0.05) is 25.3 Å². The van der Waals surface area contributed by atoms with Crippen LogP contribution in [0.15, 0.2) is 12.3 Å². The van der Waals surface area contributed by atoms with Crippen LogP contribution in [0.1, 0.15) is 49.3 Å². The first-order chi connectivity index (χ1) is 8.84. The summed E-state index contributed by atoms with van der Waals surface area (Å²) in [5.41, 5.74) is 2.79. The molecule has 0 saturated carbocycles. The second kappa shape index (κ2) is 5.27. The van der Waals surface area contributed by atoms with E-state index < -0.39 is 0 Å². The summed E-state index contributed by atoms with van der Waals surface area (Å²) in [7, 11) is 0. The number of piperidine rings is 1. The molecule has 3 nitrogen and oxygen atoms in total. The predicted molar refractivity (Wildman–Crippen MR) is 75.0 cm³/mol. The van der Waals surface area contributed by atoms with Gasteiger partial charge in [0.1, 0.15) is 5.82 Å². The molecule has 2 fully saturated rings. The van der Waals surface area contributed by atoms with Crippen LogP contribution in [0.5, 0.6) is 0 Å². The van der Waals surface area contributed by atoms with Crippen LogP contribution in [0, 0.1) is 6.92 Å². The van der Waals surface area contributed by atoms with Gasteiger partial charge in [-0.15, -0.1) is 0 Å². The second-order valence-corrected chi connectivity index (χ2v) is 5.60. The molecule has 98 valence electrons. The third-order valence-electron chi connectivity index (χ3n) is 4.25. The van der Waals surface area contributed by atoms with E-state index in [0.717, 1.165) is 6.54 Å². The number of pyridine rings is 1. The standard InChI is InChI=1S/C15H23N3/c1-12-10-15(18-8-3-2-4-9-18)17-11-13(12)14-6-5-7-16-14/h10-11,14,16H,2-9H2,1H3/t14-/m0/s1. The van der Waals surface area contributed by atoms with Gasteiger partial charge in [-0.2, -0.15) is 0 Å². The highest BCUT2D eigenvalue weighted by Gasteiger charge is 2.19. The first-order valence-electron chi connectivity index (χ1n) is 7.29. The quantitative estimate of drug-likeness (QED) is 0.868. The molecular formula is C15H23N3. The van der Waals surface area contributed by atoms with Crippen LogP contribution in [0.25, 0.3) is 0 Å². The normalized spacial score (nSPS) is 24.5. The molecule has 0 amide bonds. The molecule has 1 atom stereocenters. The molecular weight excluding hydrogens is 222 g/mol. The van der Waals surface area contributed by atoms with Gasteiger partial charge < -0.3 is 10.2 Å². The van der Waals surface area contributed by atoms with Crippen molar-refractivity contribution in [1.29, 1.82) is 0 Å². The highest BCUT2D eigenvalue weighted by atomic mass is 15.2. The van der Waals surface area contributed by atoms with Crippen molar-refractivity contribution in [2.45, 2.75) is 45.1 Å². The maximum Gasteiger partial charge on any atom is 0.128 e. The van der Waals surface area contributed by atoms with E-state index in [4.69, 9.17) is 4.98 Å². The topological polar surface area (TPSA) is 28.2 Å². The number of rotatable bonds is 2. The average molecular weight is 245 g/mol. The third-order valence-corrected chi connectivity index (χ3v) is 4.25. The Bertz CT molecular complexity index is 404. The number of hydrogen-bond acceptors (Lipinski definition) is 3. The number of anilines is 1. The molecule has 2 saturated heterocycles. The van der Waals surface area contributed by atoms with E-state index in [0.29, 0.717) is 6.04 Å².